The van der Waals surface area contributed by atoms with Crippen molar-refractivity contribution in [3.63, 3.8) is 0 Å². The van der Waals surface area contributed by atoms with Crippen LogP contribution in [0, 0.1) is 11.8 Å². The molecular formula is C16H24N2O. The SMILES string of the molecule is CC1CCC(NC(=O)CNc2ccccc2)CC1C. The van der Waals surface area contributed by atoms with Gasteiger partial charge in [0.2, 0.25) is 5.91 Å². The molecule has 19 heavy (non-hydrogen) atoms. The Morgan fingerprint density at radius 1 is 1.16 bits per heavy atom. The lowest BCUT2D eigenvalue weighted by molar-refractivity contribution is -0.120. The molecule has 2 N–H and O–H groups in total. The van der Waals surface area contributed by atoms with Gasteiger partial charge in [-0.25, -0.2) is 0 Å². The second-order valence-electron chi connectivity index (χ2n) is 5.75. The predicted molar refractivity (Wildman–Crippen MR) is 79.0 cm³/mol. The third-order valence-electron chi connectivity index (χ3n) is 4.19. The van der Waals surface area contributed by atoms with E-state index >= 15 is 0 Å². The molecule has 0 heterocycles. The maximum absolute atomic E-state index is 11.9. The smallest absolute Gasteiger partial charge is 0.239 e. The summed E-state index contributed by atoms with van der Waals surface area (Å²) in [7, 11) is 0. The van der Waals surface area contributed by atoms with Gasteiger partial charge in [0.05, 0.1) is 6.54 Å². The van der Waals surface area contributed by atoms with Crippen molar-refractivity contribution in [2.45, 2.75) is 39.2 Å². The maximum Gasteiger partial charge on any atom is 0.239 e. The van der Waals surface area contributed by atoms with E-state index in [0.29, 0.717) is 18.5 Å². The number of hydrogen-bond acceptors (Lipinski definition) is 2. The molecule has 104 valence electrons. The zero-order chi connectivity index (χ0) is 13.7. The highest BCUT2D eigenvalue weighted by Gasteiger charge is 2.25. The van der Waals surface area contributed by atoms with Crippen molar-refractivity contribution in [2.24, 2.45) is 11.8 Å². The van der Waals surface area contributed by atoms with E-state index in [1.165, 1.54) is 6.42 Å². The van der Waals surface area contributed by atoms with E-state index in [4.69, 9.17) is 0 Å². The van der Waals surface area contributed by atoms with Crippen LogP contribution in [0.3, 0.4) is 0 Å². The Balaban J connectivity index is 1.73. The van der Waals surface area contributed by atoms with E-state index in [1.54, 1.807) is 0 Å². The van der Waals surface area contributed by atoms with Gasteiger partial charge in [-0.3, -0.25) is 4.79 Å². The lowest BCUT2D eigenvalue weighted by Gasteiger charge is -2.32. The number of nitrogens with one attached hydrogen (secondary N) is 2. The highest BCUT2D eigenvalue weighted by Crippen LogP contribution is 2.29. The lowest BCUT2D eigenvalue weighted by atomic mass is 9.79. The van der Waals surface area contributed by atoms with E-state index in [9.17, 15) is 4.79 Å². The van der Waals surface area contributed by atoms with Crippen molar-refractivity contribution in [3.05, 3.63) is 30.3 Å². The topological polar surface area (TPSA) is 41.1 Å². The minimum atomic E-state index is 0.0932. The normalized spacial score (nSPS) is 26.7. The number of amides is 1. The van der Waals surface area contributed by atoms with Crippen LogP contribution in [-0.2, 0) is 4.79 Å². The van der Waals surface area contributed by atoms with Crippen LogP contribution in [0.2, 0.25) is 0 Å². The van der Waals surface area contributed by atoms with Gasteiger partial charge in [0.1, 0.15) is 0 Å². The van der Waals surface area contributed by atoms with E-state index in [-0.39, 0.29) is 5.91 Å². The fraction of sp³-hybridized carbons (Fsp3) is 0.562. The minimum Gasteiger partial charge on any atom is -0.376 e. The first-order valence-electron chi connectivity index (χ1n) is 7.23. The predicted octanol–water partition coefficient (Wildman–Crippen LogP) is 3.04. The van der Waals surface area contributed by atoms with Crippen molar-refractivity contribution in [3.8, 4) is 0 Å². The van der Waals surface area contributed by atoms with Crippen LogP contribution in [0.15, 0.2) is 30.3 Å². The summed E-state index contributed by atoms with van der Waals surface area (Å²) in [6, 6.07) is 10.2. The third-order valence-corrected chi connectivity index (χ3v) is 4.19. The Labute approximate surface area is 115 Å². The molecule has 1 aromatic rings. The molecule has 2 rings (SSSR count). The molecular weight excluding hydrogens is 236 g/mol. The van der Waals surface area contributed by atoms with Crippen molar-refractivity contribution in [1.82, 2.24) is 5.32 Å². The van der Waals surface area contributed by atoms with Crippen molar-refractivity contribution >= 4 is 11.6 Å². The number of benzene rings is 1. The van der Waals surface area contributed by atoms with Crippen LogP contribution in [0.5, 0.6) is 0 Å². The molecule has 0 radical (unpaired) electrons. The molecule has 1 fully saturated rings. The van der Waals surface area contributed by atoms with Crippen molar-refractivity contribution in [2.75, 3.05) is 11.9 Å². The first-order valence-corrected chi connectivity index (χ1v) is 7.23. The van der Waals surface area contributed by atoms with E-state index in [0.717, 1.165) is 24.4 Å². The molecule has 1 aliphatic carbocycles. The van der Waals surface area contributed by atoms with Crippen LogP contribution in [0.1, 0.15) is 33.1 Å². The Bertz CT molecular complexity index is 404. The number of hydrogen-bond donors (Lipinski definition) is 2. The standard InChI is InChI=1S/C16H24N2O/c1-12-8-9-15(10-13(12)2)18-16(19)11-17-14-6-4-3-5-7-14/h3-7,12-13,15,17H,8-11H2,1-2H3,(H,18,19). The first-order chi connectivity index (χ1) is 9.15. The van der Waals surface area contributed by atoms with Gasteiger partial charge in [0.15, 0.2) is 0 Å². The molecule has 0 aromatic heterocycles. The zero-order valence-electron chi connectivity index (χ0n) is 11.9. The van der Waals surface area contributed by atoms with Crippen LogP contribution in [-0.4, -0.2) is 18.5 Å². The van der Waals surface area contributed by atoms with Gasteiger partial charge in [-0.15, -0.1) is 0 Å². The summed E-state index contributed by atoms with van der Waals surface area (Å²) in [6.07, 6.45) is 3.44. The lowest BCUT2D eigenvalue weighted by Crippen LogP contribution is -2.42. The summed E-state index contributed by atoms with van der Waals surface area (Å²) >= 11 is 0. The van der Waals surface area contributed by atoms with E-state index < -0.39 is 0 Å². The monoisotopic (exact) mass is 260 g/mol. The highest BCUT2D eigenvalue weighted by molar-refractivity contribution is 5.80. The Morgan fingerprint density at radius 2 is 1.89 bits per heavy atom. The maximum atomic E-state index is 11.9. The van der Waals surface area contributed by atoms with E-state index in [1.807, 2.05) is 30.3 Å². The number of carbonyl (C=O) groups excluding carboxylic acids is 1. The largest absolute Gasteiger partial charge is 0.376 e. The van der Waals surface area contributed by atoms with Crippen LogP contribution < -0.4 is 10.6 Å². The number of anilines is 1. The first kappa shape index (κ1) is 13.9. The molecule has 0 saturated heterocycles. The molecule has 1 saturated carbocycles. The molecule has 3 atom stereocenters. The summed E-state index contributed by atoms with van der Waals surface area (Å²) in [5.74, 6) is 1.59. The zero-order valence-corrected chi connectivity index (χ0v) is 11.9. The summed E-state index contributed by atoms with van der Waals surface area (Å²) in [4.78, 5) is 11.9. The van der Waals surface area contributed by atoms with Gasteiger partial charge in [-0.1, -0.05) is 32.0 Å². The molecule has 3 unspecified atom stereocenters. The fourth-order valence-corrected chi connectivity index (χ4v) is 2.70. The van der Waals surface area contributed by atoms with Gasteiger partial charge in [-0.05, 0) is 43.2 Å². The number of para-hydroxylation sites is 1. The minimum absolute atomic E-state index is 0.0932. The van der Waals surface area contributed by atoms with Gasteiger partial charge >= 0.3 is 0 Å². The number of carbonyl (C=O) groups is 1. The molecule has 1 aromatic carbocycles. The van der Waals surface area contributed by atoms with Gasteiger partial charge in [0.25, 0.3) is 0 Å². The summed E-state index contributed by atoms with van der Waals surface area (Å²) in [5, 5.41) is 6.28. The summed E-state index contributed by atoms with van der Waals surface area (Å²) < 4.78 is 0. The molecule has 1 amide bonds. The van der Waals surface area contributed by atoms with E-state index in [2.05, 4.69) is 24.5 Å². The molecule has 0 bridgehead atoms. The Hall–Kier alpha value is -1.51. The average molecular weight is 260 g/mol. The third kappa shape index (κ3) is 4.27. The highest BCUT2D eigenvalue weighted by atomic mass is 16.1. The second-order valence-corrected chi connectivity index (χ2v) is 5.75. The molecule has 0 spiro atoms. The fourth-order valence-electron chi connectivity index (χ4n) is 2.70. The summed E-state index contributed by atoms with van der Waals surface area (Å²) in [6.45, 7) is 4.94. The van der Waals surface area contributed by atoms with Gasteiger partial charge < -0.3 is 10.6 Å². The molecule has 0 aliphatic heterocycles. The Morgan fingerprint density at radius 3 is 2.58 bits per heavy atom. The van der Waals surface area contributed by atoms with Crippen LogP contribution in [0.25, 0.3) is 0 Å². The van der Waals surface area contributed by atoms with Crippen molar-refractivity contribution in [1.29, 1.82) is 0 Å². The van der Waals surface area contributed by atoms with Crippen LogP contribution >= 0.6 is 0 Å². The second kappa shape index (κ2) is 6.60. The Kier molecular flexibility index (Phi) is 4.83. The van der Waals surface area contributed by atoms with Crippen LogP contribution in [0.4, 0.5) is 5.69 Å². The quantitative estimate of drug-likeness (QED) is 0.873. The molecule has 3 heteroatoms. The van der Waals surface area contributed by atoms with Crippen molar-refractivity contribution < 1.29 is 4.79 Å². The molecule has 3 nitrogen and oxygen atoms in total. The molecule has 1 aliphatic rings. The average Bonchev–Trinajstić information content (AvgIpc) is 2.42. The van der Waals surface area contributed by atoms with Gasteiger partial charge in [0, 0.05) is 11.7 Å². The van der Waals surface area contributed by atoms with Gasteiger partial charge in [-0.2, -0.15) is 0 Å². The number of rotatable bonds is 4. The summed E-state index contributed by atoms with van der Waals surface area (Å²) in [5.41, 5.74) is 0.989.